The van der Waals surface area contributed by atoms with Gasteiger partial charge in [0.2, 0.25) is 0 Å². The zero-order chi connectivity index (χ0) is 46.7. The number of benzene rings is 7. The van der Waals surface area contributed by atoms with Gasteiger partial charge in [0.25, 0.3) is 0 Å². The maximum Gasteiger partial charge on any atom is 0.456 e. The summed E-state index contributed by atoms with van der Waals surface area (Å²) in [6, 6.07) is 74.6. The first-order chi connectivity index (χ1) is 30.3. The molecule has 0 atom stereocenters. The van der Waals surface area contributed by atoms with Gasteiger partial charge in [0, 0.05) is 44.5 Å². The van der Waals surface area contributed by atoms with Crippen LogP contribution in [0, 0.1) is 11.8 Å². The Balaban J connectivity index is 0. The van der Waals surface area contributed by atoms with E-state index in [2.05, 4.69) is 194 Å². The van der Waals surface area contributed by atoms with Crippen molar-refractivity contribution in [3.8, 4) is 11.8 Å². The van der Waals surface area contributed by atoms with Gasteiger partial charge in [0.15, 0.2) is 0 Å². The van der Waals surface area contributed by atoms with Crippen LogP contribution in [-0.4, -0.2) is 0 Å². The summed E-state index contributed by atoms with van der Waals surface area (Å²) in [5.41, 5.74) is 1.08. The molecule has 0 spiro atoms. The van der Waals surface area contributed by atoms with Crippen LogP contribution < -0.4 is 31.8 Å². The molecule has 0 fully saturated rings. The second kappa shape index (κ2) is 41.3. The van der Waals surface area contributed by atoms with Gasteiger partial charge in [-0.05, 0) is 66.7 Å². The third kappa shape index (κ3) is 33.3. The van der Waals surface area contributed by atoms with Crippen molar-refractivity contribution in [1.29, 1.82) is 0 Å². The summed E-state index contributed by atoms with van der Waals surface area (Å²) < 4.78 is 117. The van der Waals surface area contributed by atoms with E-state index in [1.165, 1.54) is 31.8 Å². The smallest absolute Gasteiger partial charge is 0.152 e. The molecule has 7 aromatic rings. The fourth-order valence-corrected chi connectivity index (χ4v) is 9.63. The SMILES string of the molecule is CC#Cc1ccccc1.FP(F)F.FP(F)F.FP(F)F.FP(F)F.[Rh].[Rh].c1ccc(P(c2ccccc2)c2ccccc2)cc1.c1ccc(P(c2ccccc2)c2ccccc2)cc1. The molecule has 0 saturated carbocycles. The summed E-state index contributed by atoms with van der Waals surface area (Å²) in [5.74, 6) is 5.79. The van der Waals surface area contributed by atoms with Crippen molar-refractivity contribution < 1.29 is 89.3 Å². The van der Waals surface area contributed by atoms with Crippen LogP contribution in [0.2, 0.25) is 0 Å². The van der Waals surface area contributed by atoms with Crippen LogP contribution in [0.4, 0.5) is 50.4 Å². The number of halogens is 12. The van der Waals surface area contributed by atoms with E-state index in [1.54, 1.807) is 0 Å². The molecule has 0 amide bonds. The Morgan fingerprint density at radius 2 is 0.400 bits per heavy atom. The summed E-state index contributed by atoms with van der Waals surface area (Å²) in [6.07, 6.45) is 0. The number of hydrogen-bond donors (Lipinski definition) is 0. The summed E-state index contributed by atoms with van der Waals surface area (Å²) in [6.45, 7) is 1.84. The van der Waals surface area contributed by atoms with Crippen LogP contribution in [0.15, 0.2) is 212 Å². The minimum Gasteiger partial charge on any atom is -0.152 e. The second-order valence-electron chi connectivity index (χ2n) is 11.2. The van der Waals surface area contributed by atoms with E-state index in [4.69, 9.17) is 0 Å². The Bertz CT molecular complexity index is 1830. The van der Waals surface area contributed by atoms with E-state index < -0.39 is 51.3 Å². The molecule has 0 unspecified atom stereocenters. The predicted octanol–water partition coefficient (Wildman–Crippen LogP) is 17.4. The van der Waals surface area contributed by atoms with Crippen LogP contribution in [0.5, 0.6) is 0 Å². The topological polar surface area (TPSA) is 0 Å². The van der Waals surface area contributed by atoms with Crippen LogP contribution in [0.25, 0.3) is 0 Å². The molecule has 0 aromatic heterocycles. The fourth-order valence-electron chi connectivity index (χ4n) is 5.02. The van der Waals surface area contributed by atoms with E-state index in [0.717, 1.165) is 5.56 Å². The summed E-state index contributed by atoms with van der Waals surface area (Å²) >= 11 is 0. The van der Waals surface area contributed by atoms with E-state index >= 15 is 0 Å². The summed E-state index contributed by atoms with van der Waals surface area (Å²) in [7, 11) is -17.4. The molecule has 65 heavy (non-hydrogen) atoms. The van der Waals surface area contributed by atoms with Crippen molar-refractivity contribution in [3.05, 3.63) is 218 Å². The monoisotopic (exact) mass is 1200 g/mol. The van der Waals surface area contributed by atoms with Crippen molar-refractivity contribution in [3.63, 3.8) is 0 Å². The van der Waals surface area contributed by atoms with Crippen molar-refractivity contribution in [2.75, 3.05) is 0 Å². The average molecular weight is 1200 g/mol. The molecule has 0 bridgehead atoms. The zero-order valence-electron chi connectivity index (χ0n) is 33.6. The Morgan fingerprint density at radius 1 is 0.262 bits per heavy atom. The Labute approximate surface area is 406 Å². The molecule has 0 aliphatic heterocycles. The van der Waals surface area contributed by atoms with Crippen molar-refractivity contribution in [2.45, 2.75) is 6.92 Å². The van der Waals surface area contributed by atoms with Crippen molar-refractivity contribution >= 4 is 83.1 Å². The Kier molecular flexibility index (Phi) is 40.8. The van der Waals surface area contributed by atoms with E-state index in [1.807, 2.05) is 37.3 Å². The third-order valence-corrected chi connectivity index (χ3v) is 12.0. The second-order valence-corrected chi connectivity index (χ2v) is 17.2. The maximum absolute atomic E-state index is 9.73. The van der Waals surface area contributed by atoms with Gasteiger partial charge in [-0.1, -0.05) is 206 Å². The molecular weight excluding hydrogens is 1160 g/mol. The van der Waals surface area contributed by atoms with Gasteiger partial charge < -0.3 is 0 Å². The van der Waals surface area contributed by atoms with E-state index in [-0.39, 0.29) is 39.0 Å². The molecule has 2 radical (unpaired) electrons. The van der Waals surface area contributed by atoms with Gasteiger partial charge in [-0.2, -0.15) is 50.4 Å². The van der Waals surface area contributed by atoms with Crippen molar-refractivity contribution in [2.24, 2.45) is 0 Å². The minimum atomic E-state index is -4.12. The van der Waals surface area contributed by atoms with Crippen LogP contribution in [0.3, 0.4) is 0 Å². The molecule has 0 aliphatic rings. The molecule has 350 valence electrons. The third-order valence-electron chi connectivity index (χ3n) is 7.13. The quantitative estimate of drug-likeness (QED) is 0.0674. The van der Waals surface area contributed by atoms with Crippen LogP contribution >= 0.6 is 51.3 Å². The first-order valence-corrected chi connectivity index (χ1v) is 24.5. The molecule has 0 saturated heterocycles. The molecule has 0 aliphatic carbocycles. The van der Waals surface area contributed by atoms with Gasteiger partial charge in [-0.15, -0.1) is 5.92 Å². The zero-order valence-corrected chi connectivity index (χ0v) is 42.2. The van der Waals surface area contributed by atoms with Gasteiger partial charge in [-0.3, -0.25) is 0 Å². The standard InChI is InChI=1S/2C18H15P.C9H8.4F3P.2Rh/c2*1-4-10-16(11-5-1)19(17-12-6-2-7-13-17)18-14-8-3-9-15-18;1-2-6-9-7-4-3-5-8-9;4*1-4(2)3;;/h2*1-15H;3-5,7-8H,1H3;;;;;;. The molecule has 20 heteroatoms. The summed E-state index contributed by atoms with van der Waals surface area (Å²) in [4.78, 5) is 0. The van der Waals surface area contributed by atoms with Gasteiger partial charge in [0.05, 0.1) is 0 Å². The van der Waals surface area contributed by atoms with E-state index in [9.17, 15) is 50.4 Å². The van der Waals surface area contributed by atoms with Crippen LogP contribution in [-0.2, 0) is 39.0 Å². The first-order valence-electron chi connectivity index (χ1n) is 17.7. The first kappa shape index (κ1) is 64.2. The van der Waals surface area contributed by atoms with Crippen LogP contribution in [0.1, 0.15) is 12.5 Å². The fraction of sp³-hybridized carbons (Fsp3) is 0.0222. The number of hydrogen-bond acceptors (Lipinski definition) is 0. The molecule has 0 heterocycles. The van der Waals surface area contributed by atoms with Gasteiger partial charge >= 0.3 is 35.4 Å². The molecular formula is C45H38F12P6Rh2. The Hall–Kier alpha value is -2.91. The molecule has 0 nitrogen and oxygen atoms in total. The largest absolute Gasteiger partial charge is 0.456 e. The van der Waals surface area contributed by atoms with Gasteiger partial charge in [-0.25, -0.2) is 0 Å². The normalized spacial score (nSPS) is 9.46. The molecule has 0 N–H and O–H groups in total. The molecule has 7 rings (SSSR count). The minimum absolute atomic E-state index is 0. The molecule has 7 aromatic carbocycles. The van der Waals surface area contributed by atoms with E-state index in [0.29, 0.717) is 0 Å². The number of rotatable bonds is 6. The Morgan fingerprint density at radius 3 is 0.538 bits per heavy atom. The van der Waals surface area contributed by atoms with Gasteiger partial charge in [0.1, 0.15) is 0 Å². The average Bonchev–Trinajstić information content (AvgIpc) is 3.27. The predicted molar refractivity (Wildman–Crippen MR) is 250 cm³/mol. The van der Waals surface area contributed by atoms with Crippen molar-refractivity contribution in [1.82, 2.24) is 0 Å². The summed E-state index contributed by atoms with van der Waals surface area (Å²) in [5, 5.41) is 8.39. The maximum atomic E-state index is 9.73.